The quantitative estimate of drug-likeness (QED) is 0.663. The van der Waals surface area contributed by atoms with Gasteiger partial charge in [0.1, 0.15) is 5.75 Å². The van der Waals surface area contributed by atoms with Crippen molar-refractivity contribution in [3.8, 4) is 16.9 Å². The third-order valence-electron chi connectivity index (χ3n) is 4.49. The second-order valence-corrected chi connectivity index (χ2v) is 6.15. The Bertz CT molecular complexity index is 840. The molecule has 0 saturated heterocycles. The van der Waals surface area contributed by atoms with Crippen molar-refractivity contribution < 1.29 is 9.53 Å². The molecule has 1 amide bonds. The molecule has 132 valence electrons. The summed E-state index contributed by atoms with van der Waals surface area (Å²) in [7, 11) is 1.65. The van der Waals surface area contributed by atoms with E-state index < -0.39 is 0 Å². The molecule has 0 heterocycles. The number of carbonyl (C=O) groups is 1. The van der Waals surface area contributed by atoms with Crippen LogP contribution < -0.4 is 10.1 Å². The Morgan fingerprint density at radius 1 is 0.885 bits per heavy atom. The van der Waals surface area contributed by atoms with Gasteiger partial charge in [0, 0.05) is 5.56 Å². The number of nitrogens with one attached hydrogen (secondary N) is 1. The van der Waals surface area contributed by atoms with Crippen LogP contribution in [0.25, 0.3) is 11.1 Å². The van der Waals surface area contributed by atoms with Gasteiger partial charge in [-0.3, -0.25) is 4.79 Å². The van der Waals surface area contributed by atoms with E-state index in [1.54, 1.807) is 7.11 Å². The van der Waals surface area contributed by atoms with E-state index in [0.717, 1.165) is 28.9 Å². The largest absolute Gasteiger partial charge is 0.497 e. The van der Waals surface area contributed by atoms with Crippen LogP contribution in [-0.2, 0) is 0 Å². The van der Waals surface area contributed by atoms with Crippen LogP contribution in [0, 0.1) is 0 Å². The Morgan fingerprint density at radius 2 is 1.50 bits per heavy atom. The first-order chi connectivity index (χ1) is 12.7. The van der Waals surface area contributed by atoms with E-state index in [1.807, 2.05) is 66.7 Å². The van der Waals surface area contributed by atoms with Crippen LogP contribution in [0.1, 0.15) is 35.3 Å². The molecule has 1 atom stereocenters. The zero-order valence-corrected chi connectivity index (χ0v) is 15.1. The Morgan fingerprint density at radius 3 is 2.08 bits per heavy atom. The highest BCUT2D eigenvalue weighted by Crippen LogP contribution is 2.22. The maximum atomic E-state index is 12.6. The Balaban J connectivity index is 1.71. The summed E-state index contributed by atoms with van der Waals surface area (Å²) in [6, 6.07) is 25.6. The van der Waals surface area contributed by atoms with Crippen LogP contribution in [0.4, 0.5) is 0 Å². The maximum absolute atomic E-state index is 12.6. The van der Waals surface area contributed by atoms with Crippen molar-refractivity contribution in [2.24, 2.45) is 0 Å². The normalized spacial score (nSPS) is 11.6. The summed E-state index contributed by atoms with van der Waals surface area (Å²) in [5.74, 6) is 0.749. The van der Waals surface area contributed by atoms with E-state index in [-0.39, 0.29) is 11.9 Å². The minimum absolute atomic E-state index is 0.0257. The molecule has 1 N–H and O–H groups in total. The molecule has 0 radical (unpaired) electrons. The van der Waals surface area contributed by atoms with Gasteiger partial charge in [0.05, 0.1) is 13.2 Å². The number of rotatable bonds is 6. The van der Waals surface area contributed by atoms with Crippen molar-refractivity contribution >= 4 is 5.91 Å². The number of carbonyl (C=O) groups excluding carboxylic acids is 1. The summed E-state index contributed by atoms with van der Waals surface area (Å²) < 4.78 is 5.19. The van der Waals surface area contributed by atoms with Crippen LogP contribution in [0.3, 0.4) is 0 Å². The molecule has 26 heavy (non-hydrogen) atoms. The summed E-state index contributed by atoms with van der Waals surface area (Å²) in [4.78, 5) is 12.6. The number of methoxy groups -OCH3 is 1. The number of hydrogen-bond donors (Lipinski definition) is 1. The summed E-state index contributed by atoms with van der Waals surface area (Å²) in [5.41, 5.74) is 3.98. The van der Waals surface area contributed by atoms with Gasteiger partial charge in [0.15, 0.2) is 0 Å². The molecule has 3 heteroatoms. The van der Waals surface area contributed by atoms with E-state index in [4.69, 9.17) is 4.74 Å². The molecule has 0 unspecified atom stereocenters. The van der Waals surface area contributed by atoms with Crippen LogP contribution >= 0.6 is 0 Å². The average Bonchev–Trinajstić information content (AvgIpc) is 2.72. The lowest BCUT2D eigenvalue weighted by Gasteiger charge is -2.18. The van der Waals surface area contributed by atoms with E-state index in [1.165, 1.54) is 0 Å². The molecule has 0 saturated carbocycles. The molecule has 0 bridgehead atoms. The van der Waals surface area contributed by atoms with Crippen molar-refractivity contribution in [3.63, 3.8) is 0 Å². The second-order valence-electron chi connectivity index (χ2n) is 6.15. The summed E-state index contributed by atoms with van der Waals surface area (Å²) in [6.45, 7) is 2.06. The third kappa shape index (κ3) is 4.12. The van der Waals surface area contributed by atoms with E-state index in [9.17, 15) is 4.79 Å². The summed E-state index contributed by atoms with van der Waals surface area (Å²) >= 11 is 0. The highest BCUT2D eigenvalue weighted by atomic mass is 16.5. The van der Waals surface area contributed by atoms with Gasteiger partial charge in [-0.15, -0.1) is 0 Å². The van der Waals surface area contributed by atoms with Gasteiger partial charge in [0.25, 0.3) is 5.91 Å². The van der Waals surface area contributed by atoms with Crippen LogP contribution in [0.15, 0.2) is 78.9 Å². The molecule has 0 aliphatic rings. The van der Waals surface area contributed by atoms with E-state index in [2.05, 4.69) is 24.4 Å². The van der Waals surface area contributed by atoms with Crippen molar-refractivity contribution in [1.82, 2.24) is 5.32 Å². The minimum Gasteiger partial charge on any atom is -0.497 e. The summed E-state index contributed by atoms with van der Waals surface area (Å²) in [6.07, 6.45) is 0.820. The van der Waals surface area contributed by atoms with Crippen molar-refractivity contribution in [2.45, 2.75) is 19.4 Å². The van der Waals surface area contributed by atoms with Gasteiger partial charge < -0.3 is 10.1 Å². The predicted molar refractivity (Wildman–Crippen MR) is 105 cm³/mol. The number of amides is 1. The first-order valence-electron chi connectivity index (χ1n) is 8.81. The molecule has 3 nitrogen and oxygen atoms in total. The van der Waals surface area contributed by atoms with E-state index in [0.29, 0.717) is 5.56 Å². The number of hydrogen-bond acceptors (Lipinski definition) is 2. The van der Waals surface area contributed by atoms with Gasteiger partial charge in [-0.25, -0.2) is 0 Å². The van der Waals surface area contributed by atoms with Gasteiger partial charge in [-0.05, 0) is 47.4 Å². The molecule has 0 aromatic heterocycles. The first-order valence-corrected chi connectivity index (χ1v) is 8.81. The topological polar surface area (TPSA) is 38.3 Å². The zero-order valence-electron chi connectivity index (χ0n) is 15.1. The van der Waals surface area contributed by atoms with Gasteiger partial charge >= 0.3 is 0 Å². The van der Waals surface area contributed by atoms with Crippen molar-refractivity contribution in [1.29, 1.82) is 0 Å². The van der Waals surface area contributed by atoms with Crippen LogP contribution in [-0.4, -0.2) is 13.0 Å². The van der Waals surface area contributed by atoms with Crippen molar-refractivity contribution in [3.05, 3.63) is 90.0 Å². The smallest absolute Gasteiger partial charge is 0.251 e. The predicted octanol–water partition coefficient (Wildman–Crippen LogP) is 5.24. The fourth-order valence-electron chi connectivity index (χ4n) is 2.94. The lowest BCUT2D eigenvalue weighted by Crippen LogP contribution is -2.28. The van der Waals surface area contributed by atoms with Crippen LogP contribution in [0.2, 0.25) is 0 Å². The molecular formula is C23H23NO2. The van der Waals surface area contributed by atoms with E-state index >= 15 is 0 Å². The van der Waals surface area contributed by atoms with Crippen molar-refractivity contribution in [2.75, 3.05) is 7.11 Å². The Labute approximate surface area is 154 Å². The molecular weight excluding hydrogens is 322 g/mol. The minimum atomic E-state index is -0.0627. The fourth-order valence-corrected chi connectivity index (χ4v) is 2.94. The molecule has 0 spiro atoms. The second kappa shape index (κ2) is 8.34. The zero-order chi connectivity index (χ0) is 18.4. The number of ether oxygens (including phenoxy) is 1. The first kappa shape index (κ1) is 17.7. The molecule has 0 aliphatic carbocycles. The Hall–Kier alpha value is -3.07. The van der Waals surface area contributed by atoms with Gasteiger partial charge in [-0.2, -0.15) is 0 Å². The molecule has 3 aromatic rings. The molecule has 3 rings (SSSR count). The molecule has 0 fully saturated rings. The highest BCUT2D eigenvalue weighted by molar-refractivity contribution is 5.95. The fraction of sp³-hybridized carbons (Fsp3) is 0.174. The third-order valence-corrected chi connectivity index (χ3v) is 4.49. The Kier molecular flexibility index (Phi) is 5.69. The summed E-state index contributed by atoms with van der Waals surface area (Å²) in [5, 5.41) is 3.12. The SMILES string of the molecule is CC[C@H](NC(=O)c1ccc(-c2ccccc2)cc1)c1ccc(OC)cc1. The van der Waals surface area contributed by atoms with Gasteiger partial charge in [-0.1, -0.05) is 61.5 Å². The lowest BCUT2D eigenvalue weighted by atomic mass is 10.0. The average molecular weight is 345 g/mol. The highest BCUT2D eigenvalue weighted by Gasteiger charge is 2.14. The van der Waals surface area contributed by atoms with Crippen LogP contribution in [0.5, 0.6) is 5.75 Å². The standard InChI is InChI=1S/C23H23NO2/c1-3-22(19-13-15-21(26-2)16-14-19)24-23(25)20-11-9-18(10-12-20)17-7-5-4-6-8-17/h4-16,22H,3H2,1-2H3,(H,24,25)/t22-/m0/s1. The number of benzene rings is 3. The monoisotopic (exact) mass is 345 g/mol. The van der Waals surface area contributed by atoms with Gasteiger partial charge in [0.2, 0.25) is 0 Å². The molecule has 0 aliphatic heterocycles. The maximum Gasteiger partial charge on any atom is 0.251 e. The molecule has 3 aromatic carbocycles. The lowest BCUT2D eigenvalue weighted by molar-refractivity contribution is 0.0935.